The average Bonchev–Trinajstić information content (AvgIpc) is 2.24. The van der Waals surface area contributed by atoms with Gasteiger partial charge in [-0.15, -0.1) is 0 Å². The molecule has 0 aliphatic carbocycles. The van der Waals surface area contributed by atoms with Gasteiger partial charge in [0.2, 0.25) is 0 Å². The first kappa shape index (κ1) is 15.9. The van der Waals surface area contributed by atoms with Gasteiger partial charge in [-0.25, -0.2) is 0 Å². The largest absolute Gasteiger partial charge is 0.313 e. The van der Waals surface area contributed by atoms with E-state index in [9.17, 15) is 0 Å². The van der Waals surface area contributed by atoms with Crippen LogP contribution in [0.5, 0.6) is 0 Å². The molecule has 1 aliphatic rings. The van der Waals surface area contributed by atoms with Crippen molar-refractivity contribution in [3.05, 3.63) is 0 Å². The van der Waals surface area contributed by atoms with Gasteiger partial charge in [0, 0.05) is 25.7 Å². The number of piperidine rings is 1. The summed E-state index contributed by atoms with van der Waals surface area (Å²) in [6.45, 7) is 11.8. The number of nitrogens with zero attached hydrogens (tertiary/aromatic N) is 2. The lowest BCUT2D eigenvalue weighted by molar-refractivity contribution is 0.163. The molecule has 1 heterocycles. The molecule has 1 fully saturated rings. The average molecular weight is 255 g/mol. The summed E-state index contributed by atoms with van der Waals surface area (Å²) in [7, 11) is 6.55. The maximum atomic E-state index is 3.77. The molecule has 1 N–H and O–H groups in total. The monoisotopic (exact) mass is 255 g/mol. The highest BCUT2D eigenvalue weighted by molar-refractivity contribution is 4.82. The van der Waals surface area contributed by atoms with Crippen LogP contribution in [0.1, 0.15) is 33.6 Å². The van der Waals surface area contributed by atoms with Crippen LogP contribution >= 0.6 is 0 Å². The van der Waals surface area contributed by atoms with Gasteiger partial charge in [0.25, 0.3) is 0 Å². The molecule has 3 heteroatoms. The summed E-state index contributed by atoms with van der Waals surface area (Å²) in [4.78, 5) is 4.75. The van der Waals surface area contributed by atoms with Crippen LogP contribution in [0.4, 0.5) is 0 Å². The summed E-state index contributed by atoms with van der Waals surface area (Å²) < 4.78 is 0. The fourth-order valence-electron chi connectivity index (χ4n) is 3.13. The Kier molecular flexibility index (Phi) is 6.09. The van der Waals surface area contributed by atoms with Crippen LogP contribution in [0.25, 0.3) is 0 Å². The van der Waals surface area contributed by atoms with E-state index in [-0.39, 0.29) is 0 Å². The summed E-state index contributed by atoms with van der Waals surface area (Å²) in [5.41, 5.74) is 0.346. The molecular weight excluding hydrogens is 222 g/mol. The lowest BCUT2D eigenvalue weighted by atomic mass is 9.89. The molecule has 0 aromatic rings. The third-order valence-corrected chi connectivity index (χ3v) is 4.01. The van der Waals surface area contributed by atoms with Gasteiger partial charge in [0.1, 0.15) is 0 Å². The van der Waals surface area contributed by atoms with Gasteiger partial charge in [0.15, 0.2) is 0 Å². The molecule has 0 saturated carbocycles. The second-order valence-electron chi connectivity index (χ2n) is 7.24. The second-order valence-corrected chi connectivity index (χ2v) is 7.24. The lowest BCUT2D eigenvalue weighted by Crippen LogP contribution is -2.47. The minimum atomic E-state index is 0.346. The first-order valence-electron chi connectivity index (χ1n) is 7.37. The van der Waals surface area contributed by atoms with Crippen molar-refractivity contribution in [2.75, 3.05) is 47.3 Å². The zero-order valence-electron chi connectivity index (χ0n) is 13.3. The van der Waals surface area contributed by atoms with E-state index in [0.717, 1.165) is 19.0 Å². The first-order valence-corrected chi connectivity index (χ1v) is 7.37. The van der Waals surface area contributed by atoms with Crippen LogP contribution in [-0.2, 0) is 0 Å². The van der Waals surface area contributed by atoms with E-state index in [1.165, 1.54) is 25.9 Å². The molecule has 1 saturated heterocycles. The van der Waals surface area contributed by atoms with Crippen LogP contribution in [-0.4, -0.2) is 63.2 Å². The molecule has 0 spiro atoms. The quantitative estimate of drug-likeness (QED) is 0.782. The smallest absolute Gasteiger partial charge is 0.00794 e. The molecule has 2 atom stereocenters. The van der Waals surface area contributed by atoms with Crippen molar-refractivity contribution >= 4 is 0 Å². The summed E-state index contributed by atoms with van der Waals surface area (Å²) in [6.07, 6.45) is 2.74. The van der Waals surface area contributed by atoms with Gasteiger partial charge in [-0.1, -0.05) is 13.8 Å². The molecule has 0 aromatic carbocycles. The van der Waals surface area contributed by atoms with Crippen molar-refractivity contribution in [1.82, 2.24) is 15.1 Å². The van der Waals surface area contributed by atoms with Gasteiger partial charge in [-0.05, 0) is 58.8 Å². The molecule has 18 heavy (non-hydrogen) atoms. The van der Waals surface area contributed by atoms with E-state index in [0.29, 0.717) is 11.5 Å². The van der Waals surface area contributed by atoms with Gasteiger partial charge in [-0.3, -0.25) is 0 Å². The molecule has 3 nitrogen and oxygen atoms in total. The Morgan fingerprint density at radius 1 is 1.39 bits per heavy atom. The van der Waals surface area contributed by atoms with Gasteiger partial charge in [-0.2, -0.15) is 0 Å². The molecule has 2 unspecified atom stereocenters. The predicted molar refractivity (Wildman–Crippen MR) is 80.0 cm³/mol. The standard InChI is InChI=1S/C15H33N3/c1-13(14-8-7-9-18(6)10-14)16-11-15(2,3)12-17(4)5/h13-14,16H,7-12H2,1-6H3. The minimum Gasteiger partial charge on any atom is -0.313 e. The topological polar surface area (TPSA) is 18.5 Å². The Bertz CT molecular complexity index is 238. The number of hydrogen-bond donors (Lipinski definition) is 1. The van der Waals surface area contributed by atoms with Crippen LogP contribution in [0, 0.1) is 11.3 Å². The van der Waals surface area contributed by atoms with Crippen molar-refractivity contribution < 1.29 is 0 Å². The molecular formula is C15H33N3. The number of rotatable bonds is 6. The third-order valence-electron chi connectivity index (χ3n) is 4.01. The summed E-state index contributed by atoms with van der Waals surface area (Å²) in [5, 5.41) is 3.77. The van der Waals surface area contributed by atoms with Crippen molar-refractivity contribution in [3.8, 4) is 0 Å². The van der Waals surface area contributed by atoms with E-state index in [2.05, 4.69) is 57.0 Å². The fourth-order valence-corrected chi connectivity index (χ4v) is 3.13. The third kappa shape index (κ3) is 5.68. The van der Waals surface area contributed by atoms with Gasteiger partial charge < -0.3 is 15.1 Å². The van der Waals surface area contributed by atoms with Crippen LogP contribution in [0.3, 0.4) is 0 Å². The Balaban J connectivity index is 2.33. The Hall–Kier alpha value is -0.120. The highest BCUT2D eigenvalue weighted by Crippen LogP contribution is 2.20. The normalized spacial score (nSPS) is 24.5. The van der Waals surface area contributed by atoms with Crippen molar-refractivity contribution in [1.29, 1.82) is 0 Å². The Morgan fingerprint density at radius 2 is 2.06 bits per heavy atom. The van der Waals surface area contributed by atoms with Crippen molar-refractivity contribution in [2.45, 2.75) is 39.7 Å². The van der Waals surface area contributed by atoms with E-state index in [4.69, 9.17) is 0 Å². The number of nitrogens with one attached hydrogen (secondary N) is 1. The zero-order valence-corrected chi connectivity index (χ0v) is 13.3. The van der Waals surface area contributed by atoms with Crippen LogP contribution in [0.2, 0.25) is 0 Å². The number of likely N-dealkylation sites (tertiary alicyclic amines) is 1. The molecule has 1 aliphatic heterocycles. The van der Waals surface area contributed by atoms with E-state index in [1.54, 1.807) is 0 Å². The summed E-state index contributed by atoms with van der Waals surface area (Å²) in [5.74, 6) is 0.818. The molecule has 0 amide bonds. The van der Waals surface area contributed by atoms with Crippen LogP contribution in [0.15, 0.2) is 0 Å². The van der Waals surface area contributed by atoms with Crippen molar-refractivity contribution in [3.63, 3.8) is 0 Å². The van der Waals surface area contributed by atoms with Crippen molar-refractivity contribution in [2.24, 2.45) is 11.3 Å². The number of hydrogen-bond acceptors (Lipinski definition) is 3. The summed E-state index contributed by atoms with van der Waals surface area (Å²) in [6, 6.07) is 0.634. The molecule has 108 valence electrons. The molecule has 0 bridgehead atoms. The highest BCUT2D eigenvalue weighted by Gasteiger charge is 2.25. The molecule has 1 rings (SSSR count). The highest BCUT2D eigenvalue weighted by atomic mass is 15.1. The maximum Gasteiger partial charge on any atom is 0.00794 e. The lowest BCUT2D eigenvalue weighted by Gasteiger charge is -2.36. The van der Waals surface area contributed by atoms with Gasteiger partial charge in [0.05, 0.1) is 0 Å². The fraction of sp³-hybridized carbons (Fsp3) is 1.00. The van der Waals surface area contributed by atoms with E-state index >= 15 is 0 Å². The maximum absolute atomic E-state index is 3.77. The SMILES string of the molecule is CC(NCC(C)(C)CN(C)C)C1CCCN(C)C1. The first-order chi connectivity index (χ1) is 8.30. The van der Waals surface area contributed by atoms with Gasteiger partial charge >= 0.3 is 0 Å². The predicted octanol–water partition coefficient (Wildman–Crippen LogP) is 1.89. The molecule has 0 radical (unpaired) electrons. The minimum absolute atomic E-state index is 0.346. The zero-order chi connectivity index (χ0) is 13.8. The second kappa shape index (κ2) is 6.88. The van der Waals surface area contributed by atoms with Crippen LogP contribution < -0.4 is 5.32 Å². The summed E-state index contributed by atoms with van der Waals surface area (Å²) >= 11 is 0. The Labute approximate surface area is 114 Å². The van der Waals surface area contributed by atoms with E-state index < -0.39 is 0 Å². The molecule has 0 aromatic heterocycles. The van der Waals surface area contributed by atoms with E-state index in [1.807, 2.05) is 0 Å². The Morgan fingerprint density at radius 3 is 2.61 bits per heavy atom.